The summed E-state index contributed by atoms with van der Waals surface area (Å²) in [6.07, 6.45) is 3.31. The molecular weight excluding hydrogens is 340 g/mol. The molecule has 2 amide bonds. The fourth-order valence-electron chi connectivity index (χ4n) is 3.82. The summed E-state index contributed by atoms with van der Waals surface area (Å²) < 4.78 is 0. The van der Waals surface area contributed by atoms with Gasteiger partial charge >= 0.3 is 0 Å². The average Bonchev–Trinajstić information content (AvgIpc) is 3.06. The number of carbonyl (C=O) groups excluding carboxylic acids is 3. The molecule has 2 aromatic carbocycles. The summed E-state index contributed by atoms with van der Waals surface area (Å²) in [4.78, 5) is 38.5. The van der Waals surface area contributed by atoms with Crippen LogP contribution in [0.3, 0.4) is 0 Å². The molecule has 1 heterocycles. The lowest BCUT2D eigenvalue weighted by atomic mass is 9.94. The molecule has 4 rings (SSSR count). The van der Waals surface area contributed by atoms with Crippen molar-refractivity contribution < 1.29 is 14.4 Å². The summed E-state index contributed by atoms with van der Waals surface area (Å²) in [5, 5.41) is 2.90. The Morgan fingerprint density at radius 3 is 2.74 bits per heavy atom. The highest BCUT2D eigenvalue weighted by molar-refractivity contribution is 6.07. The molecule has 1 aliphatic carbocycles. The Morgan fingerprint density at radius 1 is 1.07 bits per heavy atom. The highest BCUT2D eigenvalue weighted by Gasteiger charge is 2.24. The van der Waals surface area contributed by atoms with Crippen LogP contribution in [0.4, 0.5) is 5.69 Å². The van der Waals surface area contributed by atoms with E-state index in [9.17, 15) is 14.4 Å². The van der Waals surface area contributed by atoms with Crippen molar-refractivity contribution in [3.05, 3.63) is 76.9 Å². The van der Waals surface area contributed by atoms with Crippen molar-refractivity contribution in [2.45, 2.75) is 25.8 Å². The number of hydrogen-bond donors (Lipinski definition) is 1. The number of Topliss-reactive ketones (excluding diaryl/α,β-unsaturated/α-hetero) is 1. The highest BCUT2D eigenvalue weighted by atomic mass is 16.2. The Labute approximate surface area is 157 Å². The van der Waals surface area contributed by atoms with Gasteiger partial charge in [0.25, 0.3) is 5.91 Å². The average molecular weight is 360 g/mol. The van der Waals surface area contributed by atoms with Crippen molar-refractivity contribution >= 4 is 23.3 Å². The van der Waals surface area contributed by atoms with Crippen LogP contribution < -0.4 is 5.32 Å². The van der Waals surface area contributed by atoms with Crippen molar-refractivity contribution in [1.82, 2.24) is 4.90 Å². The number of ketones is 1. The van der Waals surface area contributed by atoms with Crippen LogP contribution >= 0.6 is 0 Å². The maximum absolute atomic E-state index is 12.9. The second-order valence-electron chi connectivity index (χ2n) is 6.91. The van der Waals surface area contributed by atoms with Crippen molar-refractivity contribution in [3.8, 4) is 0 Å². The molecule has 0 unspecified atom stereocenters. The van der Waals surface area contributed by atoms with Crippen molar-refractivity contribution in [2.75, 3.05) is 11.9 Å². The molecule has 0 atom stereocenters. The third-order valence-corrected chi connectivity index (χ3v) is 5.29. The number of anilines is 1. The fraction of sp³-hybridized carbons (Fsp3) is 0.227. The van der Waals surface area contributed by atoms with Crippen LogP contribution in [-0.2, 0) is 24.2 Å². The number of carbonyl (C=O) groups is 3. The highest BCUT2D eigenvalue weighted by Crippen LogP contribution is 2.27. The molecule has 0 saturated carbocycles. The minimum absolute atomic E-state index is 0.122. The first kappa shape index (κ1) is 17.2. The summed E-state index contributed by atoms with van der Waals surface area (Å²) in [5.74, 6) is -0.241. The summed E-state index contributed by atoms with van der Waals surface area (Å²) in [7, 11) is 0. The molecule has 0 saturated heterocycles. The number of amides is 2. The van der Waals surface area contributed by atoms with Gasteiger partial charge in [-0.2, -0.15) is 0 Å². The molecule has 0 bridgehead atoms. The molecule has 27 heavy (non-hydrogen) atoms. The number of nitrogens with one attached hydrogen (secondary N) is 1. The molecule has 2 aromatic rings. The Morgan fingerprint density at radius 2 is 1.93 bits per heavy atom. The normalized spacial score (nSPS) is 15.1. The molecule has 1 aliphatic heterocycles. The van der Waals surface area contributed by atoms with E-state index >= 15 is 0 Å². The van der Waals surface area contributed by atoms with Crippen LogP contribution in [-0.4, -0.2) is 29.0 Å². The van der Waals surface area contributed by atoms with Gasteiger partial charge in [0.1, 0.15) is 0 Å². The van der Waals surface area contributed by atoms with Gasteiger partial charge < -0.3 is 10.2 Å². The van der Waals surface area contributed by atoms with Crippen molar-refractivity contribution in [3.63, 3.8) is 0 Å². The minimum atomic E-state index is -0.231. The number of nitrogens with zero attached hydrogens (tertiary/aromatic N) is 1. The lowest BCUT2D eigenvalue weighted by molar-refractivity contribution is -0.126. The van der Waals surface area contributed by atoms with Gasteiger partial charge in [0, 0.05) is 36.3 Å². The quantitative estimate of drug-likeness (QED) is 0.855. The maximum atomic E-state index is 12.9. The molecule has 2 aliphatic rings. The Bertz CT molecular complexity index is 978. The Hall–Kier alpha value is -3.21. The van der Waals surface area contributed by atoms with Gasteiger partial charge in [-0.15, -0.1) is 0 Å². The maximum Gasteiger partial charge on any atom is 0.256 e. The van der Waals surface area contributed by atoms with Crippen molar-refractivity contribution in [1.29, 1.82) is 0 Å². The lowest BCUT2D eigenvalue weighted by Crippen LogP contribution is -2.36. The van der Waals surface area contributed by atoms with Crippen LogP contribution in [0.1, 0.15) is 43.8 Å². The molecule has 0 aromatic heterocycles. The topological polar surface area (TPSA) is 66.5 Å². The number of aryl methyl sites for hydroxylation is 1. The smallest absolute Gasteiger partial charge is 0.256 e. The summed E-state index contributed by atoms with van der Waals surface area (Å²) in [6, 6.07) is 11.1. The first-order valence-electron chi connectivity index (χ1n) is 9.06. The van der Waals surface area contributed by atoms with Gasteiger partial charge in [0.2, 0.25) is 5.91 Å². The third-order valence-electron chi connectivity index (χ3n) is 5.29. The molecule has 136 valence electrons. The number of hydrogen-bond acceptors (Lipinski definition) is 3. The molecule has 5 heteroatoms. The van der Waals surface area contributed by atoms with Crippen molar-refractivity contribution in [2.24, 2.45) is 0 Å². The molecular formula is C22H20N2O3. The SMILES string of the molecule is C=CC(=O)N1CCc2cccc(C(=O)Nc3ccc4c(c3)C(=O)CC4)c2C1. The zero-order valence-corrected chi connectivity index (χ0v) is 15.0. The standard InChI is InChI=1S/C22H20N2O3/c1-2-21(26)24-11-10-14-4-3-5-17(19(14)13-24)22(27)23-16-8-6-15-7-9-20(25)18(15)12-16/h2-6,8,12H,1,7,9-11,13H2,(H,23,27). The van der Waals surface area contributed by atoms with Crippen LogP contribution in [0.2, 0.25) is 0 Å². The van der Waals surface area contributed by atoms with Gasteiger partial charge in [-0.05, 0) is 53.8 Å². The van der Waals surface area contributed by atoms with Crippen LogP contribution in [0.5, 0.6) is 0 Å². The van der Waals surface area contributed by atoms with E-state index in [1.807, 2.05) is 24.3 Å². The van der Waals surface area contributed by atoms with Gasteiger partial charge in [0.15, 0.2) is 5.78 Å². The van der Waals surface area contributed by atoms with Crippen LogP contribution in [0.15, 0.2) is 49.1 Å². The fourth-order valence-corrected chi connectivity index (χ4v) is 3.82. The van der Waals surface area contributed by atoms with E-state index in [0.29, 0.717) is 42.7 Å². The molecule has 0 radical (unpaired) electrons. The zero-order valence-electron chi connectivity index (χ0n) is 15.0. The largest absolute Gasteiger partial charge is 0.334 e. The molecule has 1 N–H and O–H groups in total. The van der Waals surface area contributed by atoms with E-state index in [2.05, 4.69) is 11.9 Å². The van der Waals surface area contributed by atoms with Crippen LogP contribution in [0, 0.1) is 0 Å². The van der Waals surface area contributed by atoms with E-state index in [1.54, 1.807) is 17.0 Å². The minimum Gasteiger partial charge on any atom is -0.334 e. The van der Waals surface area contributed by atoms with Gasteiger partial charge in [-0.25, -0.2) is 0 Å². The molecule has 5 nitrogen and oxygen atoms in total. The Balaban J connectivity index is 1.60. The first-order chi connectivity index (χ1) is 13.1. The summed E-state index contributed by atoms with van der Waals surface area (Å²) >= 11 is 0. The third kappa shape index (κ3) is 3.16. The van der Waals surface area contributed by atoms with Gasteiger partial charge in [0.05, 0.1) is 0 Å². The van der Waals surface area contributed by atoms with E-state index in [1.165, 1.54) is 6.08 Å². The van der Waals surface area contributed by atoms with E-state index in [0.717, 1.165) is 23.1 Å². The second kappa shape index (κ2) is 6.83. The predicted octanol–water partition coefficient (Wildman–Crippen LogP) is 3.14. The first-order valence-corrected chi connectivity index (χ1v) is 9.06. The Kier molecular flexibility index (Phi) is 4.36. The van der Waals surface area contributed by atoms with Crippen LogP contribution in [0.25, 0.3) is 0 Å². The summed E-state index contributed by atoms with van der Waals surface area (Å²) in [5.41, 5.74) is 4.86. The van der Waals surface area contributed by atoms with E-state index < -0.39 is 0 Å². The van der Waals surface area contributed by atoms with Gasteiger partial charge in [-0.3, -0.25) is 14.4 Å². The molecule has 0 fully saturated rings. The lowest BCUT2D eigenvalue weighted by Gasteiger charge is -2.29. The van der Waals surface area contributed by atoms with E-state index in [-0.39, 0.29) is 17.6 Å². The monoisotopic (exact) mass is 360 g/mol. The number of fused-ring (bicyclic) bond motifs is 2. The number of benzene rings is 2. The van der Waals surface area contributed by atoms with Gasteiger partial charge in [-0.1, -0.05) is 24.8 Å². The second-order valence-corrected chi connectivity index (χ2v) is 6.91. The molecule has 0 spiro atoms. The predicted molar refractivity (Wildman–Crippen MR) is 103 cm³/mol. The zero-order chi connectivity index (χ0) is 19.0. The van der Waals surface area contributed by atoms with E-state index in [4.69, 9.17) is 0 Å². The number of rotatable bonds is 3. The summed E-state index contributed by atoms with van der Waals surface area (Å²) in [6.45, 7) is 4.56.